The van der Waals surface area contributed by atoms with Crippen molar-refractivity contribution in [2.75, 3.05) is 12.3 Å². The Morgan fingerprint density at radius 3 is 2.45 bits per heavy atom. The summed E-state index contributed by atoms with van der Waals surface area (Å²) >= 11 is 0. The molecule has 0 radical (unpaired) electrons. The van der Waals surface area contributed by atoms with Crippen molar-refractivity contribution in [3.05, 3.63) is 126 Å². The van der Waals surface area contributed by atoms with E-state index in [9.17, 15) is 9.59 Å². The van der Waals surface area contributed by atoms with Crippen LogP contribution >= 0.6 is 0 Å². The van der Waals surface area contributed by atoms with Crippen LogP contribution in [0.15, 0.2) is 109 Å². The first kappa shape index (κ1) is 24.8. The lowest BCUT2D eigenvalue weighted by Crippen LogP contribution is -2.44. The zero-order valence-electron chi connectivity index (χ0n) is 20.6. The van der Waals surface area contributed by atoms with E-state index in [4.69, 9.17) is 15.2 Å². The highest BCUT2D eigenvalue weighted by Crippen LogP contribution is 2.27. The molecule has 1 unspecified atom stereocenters. The molecule has 0 aliphatic carbocycles. The van der Waals surface area contributed by atoms with Crippen molar-refractivity contribution in [1.29, 1.82) is 0 Å². The van der Waals surface area contributed by atoms with Crippen LogP contribution in [0.25, 0.3) is 10.9 Å². The molecule has 0 bridgehead atoms. The number of amides is 1. The second-order valence-electron chi connectivity index (χ2n) is 8.84. The lowest BCUT2D eigenvalue weighted by Gasteiger charge is -2.20. The number of ether oxygens (including phenoxy) is 2. The number of benzene rings is 4. The summed E-state index contributed by atoms with van der Waals surface area (Å²) in [5.41, 5.74) is 8.96. The number of anilines is 1. The monoisotopic (exact) mass is 505 g/mol. The van der Waals surface area contributed by atoms with Crippen molar-refractivity contribution < 1.29 is 19.1 Å². The van der Waals surface area contributed by atoms with Gasteiger partial charge in [0, 0.05) is 23.0 Å². The van der Waals surface area contributed by atoms with Crippen LogP contribution < -0.4 is 15.8 Å². The fourth-order valence-corrected chi connectivity index (χ4v) is 4.09. The highest BCUT2D eigenvalue weighted by atomic mass is 16.5. The number of nitrogens with one attached hydrogen (secondary N) is 2. The third-order valence-electron chi connectivity index (χ3n) is 6.10. The van der Waals surface area contributed by atoms with Gasteiger partial charge in [0.05, 0.1) is 18.8 Å². The van der Waals surface area contributed by atoms with Gasteiger partial charge in [-0.2, -0.15) is 0 Å². The third-order valence-corrected chi connectivity index (χ3v) is 6.10. The third kappa shape index (κ3) is 5.91. The van der Waals surface area contributed by atoms with Crippen LogP contribution in [0.1, 0.15) is 26.3 Å². The summed E-state index contributed by atoms with van der Waals surface area (Å²) in [5, 5.41) is 3.87. The first-order valence-electron chi connectivity index (χ1n) is 12.2. The average Bonchev–Trinajstić information content (AvgIpc) is 3.42. The first-order valence-corrected chi connectivity index (χ1v) is 12.2. The molecule has 0 aliphatic rings. The molecular weight excluding hydrogens is 478 g/mol. The van der Waals surface area contributed by atoms with Crippen molar-refractivity contribution in [2.24, 2.45) is 0 Å². The van der Waals surface area contributed by atoms with E-state index in [0.717, 1.165) is 16.5 Å². The van der Waals surface area contributed by atoms with E-state index >= 15 is 0 Å². The summed E-state index contributed by atoms with van der Waals surface area (Å²) in [7, 11) is 0. The summed E-state index contributed by atoms with van der Waals surface area (Å²) in [5.74, 6) is 0.218. The fraction of sp³-hybridized carbons (Fsp3) is 0.0968. The van der Waals surface area contributed by atoms with E-state index < -0.39 is 6.04 Å². The molecule has 0 spiro atoms. The maximum absolute atomic E-state index is 13.8. The summed E-state index contributed by atoms with van der Waals surface area (Å²) < 4.78 is 11.9. The molecule has 0 aliphatic heterocycles. The molecule has 38 heavy (non-hydrogen) atoms. The van der Waals surface area contributed by atoms with Gasteiger partial charge >= 0.3 is 0 Å². The molecule has 4 N–H and O–H groups in total. The SMILES string of the molecule is Nc1ccc(Oc2ccccc2C(=O)C(COCc2ccccc2)NC(=O)c2ccc3cc[nH]c3c2)cc1. The normalized spacial score (nSPS) is 11.7. The smallest absolute Gasteiger partial charge is 0.252 e. The lowest BCUT2D eigenvalue weighted by molar-refractivity contribution is 0.0670. The number of H-pyrrole nitrogens is 1. The Kier molecular flexibility index (Phi) is 7.47. The van der Waals surface area contributed by atoms with Crippen LogP contribution in [0.2, 0.25) is 0 Å². The van der Waals surface area contributed by atoms with Crippen LogP contribution in [0.5, 0.6) is 11.5 Å². The molecule has 0 fully saturated rings. The summed E-state index contributed by atoms with van der Waals surface area (Å²) in [6.07, 6.45) is 1.81. The van der Waals surface area contributed by atoms with Gasteiger partial charge in [0.25, 0.3) is 5.91 Å². The van der Waals surface area contributed by atoms with Gasteiger partial charge in [-0.15, -0.1) is 0 Å². The number of carbonyl (C=O) groups is 2. The number of carbonyl (C=O) groups excluding carboxylic acids is 2. The molecular formula is C31H27N3O4. The Labute approximate surface area is 220 Å². The Bertz CT molecular complexity index is 1540. The minimum Gasteiger partial charge on any atom is -0.457 e. The largest absolute Gasteiger partial charge is 0.457 e. The molecule has 4 aromatic carbocycles. The number of fused-ring (bicyclic) bond motifs is 1. The molecule has 5 aromatic rings. The Hall–Kier alpha value is -4.88. The average molecular weight is 506 g/mol. The van der Waals surface area contributed by atoms with Crippen LogP contribution in [0, 0.1) is 0 Å². The van der Waals surface area contributed by atoms with Crippen LogP contribution in [0.3, 0.4) is 0 Å². The highest BCUT2D eigenvalue weighted by Gasteiger charge is 2.26. The van der Waals surface area contributed by atoms with E-state index in [-0.39, 0.29) is 18.3 Å². The number of nitrogen functional groups attached to an aromatic ring is 1. The number of aromatic nitrogens is 1. The summed E-state index contributed by atoms with van der Waals surface area (Å²) in [6.45, 7) is 0.291. The van der Waals surface area contributed by atoms with Crippen molar-refractivity contribution in [3.8, 4) is 11.5 Å². The minimum atomic E-state index is -0.943. The van der Waals surface area contributed by atoms with Gasteiger partial charge in [0.2, 0.25) is 0 Å². The topological polar surface area (TPSA) is 106 Å². The van der Waals surface area contributed by atoms with Gasteiger partial charge in [0.15, 0.2) is 5.78 Å². The maximum Gasteiger partial charge on any atom is 0.252 e. The Morgan fingerprint density at radius 2 is 1.63 bits per heavy atom. The second kappa shape index (κ2) is 11.5. The minimum absolute atomic E-state index is 0.0135. The molecule has 5 rings (SSSR count). The van der Waals surface area contributed by atoms with E-state index in [1.807, 2.05) is 48.7 Å². The standard InChI is InChI=1S/C31H27N3O4/c32-24-12-14-25(15-13-24)38-29-9-5-4-8-26(29)30(35)28(20-37-19-21-6-2-1-3-7-21)34-31(36)23-11-10-22-16-17-33-27(22)18-23/h1-18,28,33H,19-20,32H2,(H,34,36). The Balaban J connectivity index is 1.38. The zero-order valence-corrected chi connectivity index (χ0v) is 20.6. The van der Waals surface area contributed by atoms with Crippen LogP contribution in [-0.4, -0.2) is 29.3 Å². The molecule has 1 atom stereocenters. The molecule has 0 saturated heterocycles. The van der Waals surface area contributed by atoms with Crippen molar-refractivity contribution in [1.82, 2.24) is 10.3 Å². The van der Waals surface area contributed by atoms with Crippen molar-refractivity contribution in [3.63, 3.8) is 0 Å². The van der Waals surface area contributed by atoms with E-state index in [2.05, 4.69) is 10.3 Å². The van der Waals surface area contributed by atoms with Crippen molar-refractivity contribution in [2.45, 2.75) is 12.6 Å². The highest BCUT2D eigenvalue weighted by molar-refractivity contribution is 6.06. The van der Waals surface area contributed by atoms with E-state index in [0.29, 0.717) is 34.9 Å². The quantitative estimate of drug-likeness (QED) is 0.166. The van der Waals surface area contributed by atoms with Gasteiger partial charge < -0.3 is 25.5 Å². The summed E-state index contributed by atoms with van der Waals surface area (Å²) in [6, 6.07) is 29.8. The number of hydrogen-bond donors (Lipinski definition) is 3. The fourth-order valence-electron chi connectivity index (χ4n) is 4.09. The number of rotatable bonds is 10. The number of Topliss-reactive ketones (excluding diaryl/α,β-unsaturated/α-hetero) is 1. The number of aromatic amines is 1. The first-order chi connectivity index (χ1) is 18.6. The zero-order chi connectivity index (χ0) is 26.3. The second-order valence-corrected chi connectivity index (χ2v) is 8.84. The molecule has 1 amide bonds. The van der Waals surface area contributed by atoms with E-state index in [1.165, 1.54) is 0 Å². The molecule has 1 heterocycles. The number of ketones is 1. The number of nitrogens with two attached hydrogens (primary N) is 1. The van der Waals surface area contributed by atoms with Crippen LogP contribution in [-0.2, 0) is 11.3 Å². The molecule has 7 nitrogen and oxygen atoms in total. The molecule has 190 valence electrons. The number of hydrogen-bond acceptors (Lipinski definition) is 5. The molecule has 1 aromatic heterocycles. The summed E-state index contributed by atoms with van der Waals surface area (Å²) in [4.78, 5) is 30.1. The van der Waals surface area contributed by atoms with Gasteiger partial charge in [-0.25, -0.2) is 0 Å². The number of para-hydroxylation sites is 1. The Morgan fingerprint density at radius 1 is 0.868 bits per heavy atom. The van der Waals surface area contributed by atoms with Gasteiger partial charge in [-0.05, 0) is 65.5 Å². The van der Waals surface area contributed by atoms with E-state index in [1.54, 1.807) is 60.7 Å². The predicted octanol–water partition coefficient (Wildman–Crippen LogP) is 5.74. The maximum atomic E-state index is 13.8. The molecule has 7 heteroatoms. The molecule has 0 saturated carbocycles. The van der Waals surface area contributed by atoms with Gasteiger partial charge in [-0.1, -0.05) is 48.5 Å². The van der Waals surface area contributed by atoms with Crippen LogP contribution in [0.4, 0.5) is 5.69 Å². The predicted molar refractivity (Wildman–Crippen MR) is 147 cm³/mol. The van der Waals surface area contributed by atoms with Crippen molar-refractivity contribution >= 4 is 28.3 Å². The van der Waals surface area contributed by atoms with Gasteiger partial charge in [-0.3, -0.25) is 9.59 Å². The van der Waals surface area contributed by atoms with Gasteiger partial charge in [0.1, 0.15) is 17.5 Å². The lowest BCUT2D eigenvalue weighted by atomic mass is 10.0.